The molecule has 0 saturated carbocycles. The lowest BCUT2D eigenvalue weighted by atomic mass is 10.1. The minimum atomic E-state index is -4.47. The highest BCUT2D eigenvalue weighted by molar-refractivity contribution is 7.81. The molecule has 0 aliphatic rings. The van der Waals surface area contributed by atoms with Crippen molar-refractivity contribution < 1.29 is 18.0 Å². The summed E-state index contributed by atoms with van der Waals surface area (Å²) >= 11 is 3.66. The Balaban J connectivity index is 3.02. The van der Waals surface area contributed by atoms with Gasteiger partial charge in [0.05, 0.1) is 17.0 Å². The lowest BCUT2D eigenvalue weighted by Crippen LogP contribution is -2.17. The maximum Gasteiger partial charge on any atom is 0.418 e. The quantitative estimate of drug-likeness (QED) is 0.758. The van der Waals surface area contributed by atoms with Crippen LogP contribution < -0.4 is 5.32 Å². The number of amides is 1. The first kappa shape index (κ1) is 11.9. The van der Waals surface area contributed by atoms with Gasteiger partial charge in [0.1, 0.15) is 0 Å². The molecule has 0 fully saturated rings. The fourth-order valence-corrected chi connectivity index (χ4v) is 1.11. The summed E-state index contributed by atoms with van der Waals surface area (Å²) in [5, 5.41) is 2.13. The standard InChI is InChI=1S/C9H8F3NOS/c10-9(11,12)6-3-1-2-4-7(6)13-8(14)5-15/h1-4,15H,5H2,(H,13,14). The van der Waals surface area contributed by atoms with Crippen LogP contribution in [0, 0.1) is 0 Å². The van der Waals surface area contributed by atoms with Gasteiger partial charge < -0.3 is 5.32 Å². The van der Waals surface area contributed by atoms with Gasteiger partial charge in [-0.3, -0.25) is 4.79 Å². The molecule has 1 aromatic carbocycles. The number of benzene rings is 1. The van der Waals surface area contributed by atoms with Crippen molar-refractivity contribution in [1.82, 2.24) is 0 Å². The molecule has 0 heterocycles. The third kappa shape index (κ3) is 3.16. The van der Waals surface area contributed by atoms with Crippen LogP contribution in [0.1, 0.15) is 5.56 Å². The largest absolute Gasteiger partial charge is 0.418 e. The van der Waals surface area contributed by atoms with Crippen LogP contribution in [0.25, 0.3) is 0 Å². The highest BCUT2D eigenvalue weighted by Crippen LogP contribution is 2.34. The molecule has 0 saturated heterocycles. The molecule has 0 aliphatic carbocycles. The van der Waals surface area contributed by atoms with E-state index in [1.165, 1.54) is 18.2 Å². The van der Waals surface area contributed by atoms with Crippen molar-refractivity contribution in [3.63, 3.8) is 0 Å². The highest BCUT2D eigenvalue weighted by Gasteiger charge is 2.33. The third-order valence-electron chi connectivity index (χ3n) is 1.65. The summed E-state index contributed by atoms with van der Waals surface area (Å²) in [5.74, 6) is -0.735. The molecule has 0 aliphatic heterocycles. The number of carbonyl (C=O) groups is 1. The van der Waals surface area contributed by atoms with Crippen LogP contribution in [0.2, 0.25) is 0 Å². The second-order valence-electron chi connectivity index (χ2n) is 2.75. The normalized spacial score (nSPS) is 11.2. The first-order valence-corrected chi connectivity index (χ1v) is 4.65. The van der Waals surface area contributed by atoms with E-state index in [0.717, 1.165) is 6.07 Å². The fourth-order valence-electron chi connectivity index (χ4n) is 1.03. The molecule has 15 heavy (non-hydrogen) atoms. The molecule has 0 radical (unpaired) electrons. The Hall–Kier alpha value is -1.17. The van der Waals surface area contributed by atoms with E-state index >= 15 is 0 Å². The van der Waals surface area contributed by atoms with Crippen LogP contribution in [-0.4, -0.2) is 11.7 Å². The average molecular weight is 235 g/mol. The van der Waals surface area contributed by atoms with Crippen molar-refractivity contribution in [2.75, 3.05) is 11.1 Å². The van der Waals surface area contributed by atoms with E-state index in [2.05, 4.69) is 17.9 Å². The number of hydrogen-bond donors (Lipinski definition) is 2. The Kier molecular flexibility index (Phi) is 3.62. The topological polar surface area (TPSA) is 29.1 Å². The van der Waals surface area contributed by atoms with Crippen molar-refractivity contribution in [3.8, 4) is 0 Å². The summed E-state index contributed by atoms with van der Waals surface area (Å²) in [7, 11) is 0. The van der Waals surface area contributed by atoms with Gasteiger partial charge in [-0.25, -0.2) is 0 Å². The van der Waals surface area contributed by atoms with E-state index in [-0.39, 0.29) is 11.4 Å². The molecular weight excluding hydrogens is 227 g/mol. The Morgan fingerprint density at radius 3 is 2.47 bits per heavy atom. The number of alkyl halides is 3. The van der Waals surface area contributed by atoms with Gasteiger partial charge >= 0.3 is 6.18 Å². The second-order valence-corrected chi connectivity index (χ2v) is 3.07. The lowest BCUT2D eigenvalue weighted by molar-refractivity contribution is -0.137. The SMILES string of the molecule is O=C(CS)Nc1ccccc1C(F)(F)F. The Morgan fingerprint density at radius 2 is 1.93 bits per heavy atom. The average Bonchev–Trinajstić information content (AvgIpc) is 2.17. The minimum absolute atomic E-state index is 0.161. The van der Waals surface area contributed by atoms with Gasteiger partial charge in [0, 0.05) is 0 Å². The summed E-state index contributed by atoms with van der Waals surface area (Å²) in [6.07, 6.45) is -4.47. The number of carbonyl (C=O) groups excluding carboxylic acids is 1. The van der Waals surface area contributed by atoms with Crippen LogP contribution >= 0.6 is 12.6 Å². The number of anilines is 1. The summed E-state index contributed by atoms with van der Waals surface area (Å²) in [4.78, 5) is 10.9. The van der Waals surface area contributed by atoms with Crippen molar-refractivity contribution >= 4 is 24.2 Å². The zero-order valence-corrected chi connectivity index (χ0v) is 8.40. The van der Waals surface area contributed by atoms with Crippen LogP contribution in [0.5, 0.6) is 0 Å². The number of hydrogen-bond acceptors (Lipinski definition) is 2. The highest BCUT2D eigenvalue weighted by atomic mass is 32.1. The van der Waals surface area contributed by atoms with Gasteiger partial charge in [-0.05, 0) is 12.1 Å². The zero-order valence-electron chi connectivity index (χ0n) is 7.51. The predicted molar refractivity (Wildman–Crippen MR) is 53.9 cm³/mol. The minimum Gasteiger partial charge on any atom is -0.325 e. The van der Waals surface area contributed by atoms with Crippen LogP contribution in [0.15, 0.2) is 24.3 Å². The number of para-hydroxylation sites is 1. The summed E-state index contributed by atoms with van der Waals surface area (Å²) in [6.45, 7) is 0. The monoisotopic (exact) mass is 235 g/mol. The first-order valence-electron chi connectivity index (χ1n) is 4.02. The Morgan fingerprint density at radius 1 is 1.33 bits per heavy atom. The van der Waals surface area contributed by atoms with Gasteiger partial charge in [0.15, 0.2) is 0 Å². The van der Waals surface area contributed by atoms with Gasteiger partial charge in [-0.1, -0.05) is 12.1 Å². The van der Waals surface area contributed by atoms with Crippen LogP contribution in [0.4, 0.5) is 18.9 Å². The molecule has 2 nitrogen and oxygen atoms in total. The number of thiol groups is 1. The Bertz CT molecular complexity index is 365. The fraction of sp³-hybridized carbons (Fsp3) is 0.222. The molecule has 0 atom stereocenters. The van der Waals surface area contributed by atoms with Crippen LogP contribution in [0.3, 0.4) is 0 Å². The molecule has 0 spiro atoms. The van der Waals surface area contributed by atoms with E-state index in [0.29, 0.717) is 0 Å². The summed E-state index contributed by atoms with van der Waals surface area (Å²) in [6, 6.07) is 4.79. The molecule has 82 valence electrons. The van der Waals surface area contributed by atoms with Crippen molar-refractivity contribution in [2.24, 2.45) is 0 Å². The predicted octanol–water partition coefficient (Wildman–Crippen LogP) is 2.57. The van der Waals surface area contributed by atoms with E-state index in [4.69, 9.17) is 0 Å². The maximum absolute atomic E-state index is 12.4. The third-order valence-corrected chi connectivity index (χ3v) is 1.94. The van der Waals surface area contributed by atoms with Crippen molar-refractivity contribution in [2.45, 2.75) is 6.18 Å². The van der Waals surface area contributed by atoms with Crippen molar-refractivity contribution in [3.05, 3.63) is 29.8 Å². The lowest BCUT2D eigenvalue weighted by Gasteiger charge is -2.12. The molecule has 0 unspecified atom stereocenters. The van der Waals surface area contributed by atoms with E-state index in [9.17, 15) is 18.0 Å². The number of rotatable bonds is 2. The molecule has 1 rings (SSSR count). The summed E-state index contributed by atoms with van der Waals surface area (Å²) < 4.78 is 37.3. The molecular formula is C9H8F3NOS. The van der Waals surface area contributed by atoms with E-state index in [1.807, 2.05) is 0 Å². The zero-order chi connectivity index (χ0) is 11.5. The van der Waals surface area contributed by atoms with Crippen molar-refractivity contribution in [1.29, 1.82) is 0 Å². The van der Waals surface area contributed by atoms with Gasteiger partial charge in [0.25, 0.3) is 0 Å². The molecule has 0 aromatic heterocycles. The molecule has 6 heteroatoms. The smallest absolute Gasteiger partial charge is 0.325 e. The molecule has 1 N–H and O–H groups in total. The van der Waals surface area contributed by atoms with E-state index in [1.54, 1.807) is 0 Å². The van der Waals surface area contributed by atoms with Crippen LogP contribution in [-0.2, 0) is 11.0 Å². The molecule has 0 bridgehead atoms. The van der Waals surface area contributed by atoms with Gasteiger partial charge in [-0.15, -0.1) is 0 Å². The summed E-state index contributed by atoms with van der Waals surface area (Å²) in [5.41, 5.74) is -1.11. The van der Waals surface area contributed by atoms with Gasteiger partial charge in [-0.2, -0.15) is 25.8 Å². The van der Waals surface area contributed by atoms with E-state index < -0.39 is 17.6 Å². The number of halogens is 3. The molecule has 1 amide bonds. The molecule has 1 aromatic rings. The maximum atomic E-state index is 12.4. The Labute approximate surface area is 89.9 Å². The second kappa shape index (κ2) is 4.57. The van der Waals surface area contributed by atoms with Gasteiger partial charge in [0.2, 0.25) is 5.91 Å². The number of nitrogens with one attached hydrogen (secondary N) is 1. The first-order chi connectivity index (χ1) is 6.95.